The van der Waals surface area contributed by atoms with E-state index in [1.807, 2.05) is 0 Å². The summed E-state index contributed by atoms with van der Waals surface area (Å²) in [4.78, 5) is 27.1. The highest BCUT2D eigenvalue weighted by molar-refractivity contribution is 8.03. The van der Waals surface area contributed by atoms with Crippen molar-refractivity contribution in [1.29, 1.82) is 0 Å². The fourth-order valence-electron chi connectivity index (χ4n) is 3.78. The average Bonchev–Trinajstić information content (AvgIpc) is 2.94. The lowest BCUT2D eigenvalue weighted by atomic mass is 9.99. The normalized spacial score (nSPS) is 16.5. The van der Waals surface area contributed by atoms with Crippen molar-refractivity contribution in [3.05, 3.63) is 71.3 Å². The van der Waals surface area contributed by atoms with Gasteiger partial charge in [0.05, 0.1) is 42.3 Å². The Morgan fingerprint density at radius 2 is 1.29 bits per heavy atom. The summed E-state index contributed by atoms with van der Waals surface area (Å²) in [6.45, 7) is -0.285. The van der Waals surface area contributed by atoms with Crippen LogP contribution in [0.15, 0.2) is 54.6 Å². The summed E-state index contributed by atoms with van der Waals surface area (Å²) in [6, 6.07) is 11.5. The van der Waals surface area contributed by atoms with Crippen molar-refractivity contribution in [1.82, 2.24) is 8.61 Å². The van der Waals surface area contributed by atoms with Gasteiger partial charge in [-0.3, -0.25) is 14.5 Å². The summed E-state index contributed by atoms with van der Waals surface area (Å²) >= 11 is 0. The number of methoxy groups -OCH3 is 1. The molecular weight excluding hydrogens is 444 g/mol. The molecule has 0 aliphatic carbocycles. The molecule has 166 valence electrons. The maximum atomic E-state index is 13.1. The average molecular weight is 467 g/mol. The van der Waals surface area contributed by atoms with E-state index in [2.05, 4.69) is 0 Å². The van der Waals surface area contributed by atoms with E-state index >= 15 is 0 Å². The number of hydrogen-bond acceptors (Lipinski definition) is 7. The van der Waals surface area contributed by atoms with Crippen molar-refractivity contribution in [2.45, 2.75) is 12.1 Å². The molecule has 0 spiro atoms. The molecule has 3 rings (SSSR count). The Morgan fingerprint density at radius 3 is 1.71 bits per heavy atom. The van der Waals surface area contributed by atoms with Crippen LogP contribution in [0.2, 0.25) is 0 Å². The van der Waals surface area contributed by atoms with Crippen LogP contribution in [0.3, 0.4) is 0 Å². The molecule has 0 saturated heterocycles. The summed E-state index contributed by atoms with van der Waals surface area (Å²) in [7, 11) is -7.33. The molecule has 31 heavy (non-hydrogen) atoms. The molecule has 0 bridgehead atoms. The third-order valence-corrected chi connectivity index (χ3v) is 8.27. The van der Waals surface area contributed by atoms with Crippen LogP contribution < -0.4 is 0 Å². The second kappa shape index (κ2) is 8.50. The van der Waals surface area contributed by atoms with Crippen LogP contribution >= 0.6 is 0 Å². The predicted molar refractivity (Wildman–Crippen MR) is 113 cm³/mol. The van der Waals surface area contributed by atoms with Crippen molar-refractivity contribution in [3.8, 4) is 0 Å². The van der Waals surface area contributed by atoms with Crippen molar-refractivity contribution in [2.24, 2.45) is 0 Å². The van der Waals surface area contributed by atoms with Gasteiger partial charge < -0.3 is 4.74 Å². The van der Waals surface area contributed by atoms with E-state index in [9.17, 15) is 26.4 Å². The summed E-state index contributed by atoms with van der Waals surface area (Å²) in [5.74, 6) is -1.30. The maximum absolute atomic E-state index is 13.1. The van der Waals surface area contributed by atoms with Gasteiger partial charge in [-0.25, -0.2) is 16.8 Å². The first-order chi connectivity index (χ1) is 14.5. The number of imide groups is 1. The number of benzene rings is 2. The fraction of sp³-hybridized carbons (Fsp3) is 0.300. The van der Waals surface area contributed by atoms with Gasteiger partial charge in [-0.15, -0.1) is 0 Å². The molecule has 1 aliphatic heterocycles. The van der Waals surface area contributed by atoms with E-state index in [1.54, 1.807) is 30.3 Å². The minimum Gasteiger partial charge on any atom is -0.382 e. The summed E-state index contributed by atoms with van der Waals surface area (Å²) < 4.78 is 56.0. The number of amides is 2. The van der Waals surface area contributed by atoms with Crippen LogP contribution in [0.25, 0.3) is 0 Å². The third kappa shape index (κ3) is 4.40. The minimum absolute atomic E-state index is 0.158. The number of nitrogens with zero attached hydrogens (tertiary/aromatic N) is 2. The SMILES string of the molecule is COC[C@@H]([C@H](c1ccccc1)N(S(C)(=O)=O)S(C)(=O)=O)N1C(=O)c2ccccc2C1=O. The minimum atomic E-state index is -4.32. The zero-order valence-corrected chi connectivity index (χ0v) is 18.8. The van der Waals surface area contributed by atoms with Gasteiger partial charge in [-0.1, -0.05) is 46.2 Å². The van der Waals surface area contributed by atoms with E-state index < -0.39 is 43.9 Å². The second-order valence-electron chi connectivity index (χ2n) is 7.16. The molecule has 1 aliphatic rings. The first kappa shape index (κ1) is 23.1. The smallest absolute Gasteiger partial charge is 0.261 e. The van der Waals surface area contributed by atoms with Gasteiger partial charge in [0.15, 0.2) is 0 Å². The van der Waals surface area contributed by atoms with E-state index in [0.29, 0.717) is 3.71 Å². The van der Waals surface area contributed by atoms with Gasteiger partial charge in [0.25, 0.3) is 11.8 Å². The molecule has 2 aromatic carbocycles. The van der Waals surface area contributed by atoms with Crippen molar-refractivity contribution in [3.63, 3.8) is 0 Å². The number of fused-ring (bicyclic) bond motifs is 1. The van der Waals surface area contributed by atoms with Crippen LogP contribution in [-0.4, -0.2) is 69.5 Å². The molecule has 0 saturated carbocycles. The molecule has 2 aromatic rings. The molecule has 0 N–H and O–H groups in total. The molecule has 1 heterocycles. The highest BCUT2D eigenvalue weighted by Crippen LogP contribution is 2.36. The van der Waals surface area contributed by atoms with Gasteiger partial charge in [-0.05, 0) is 17.7 Å². The molecule has 0 unspecified atom stereocenters. The lowest BCUT2D eigenvalue weighted by molar-refractivity contribution is 0.0379. The predicted octanol–water partition coefficient (Wildman–Crippen LogP) is 1.26. The molecular formula is C20H22N2O7S2. The van der Waals surface area contributed by atoms with Crippen molar-refractivity contribution < 1.29 is 31.2 Å². The van der Waals surface area contributed by atoms with Crippen LogP contribution in [-0.2, 0) is 24.8 Å². The highest BCUT2D eigenvalue weighted by Gasteiger charge is 2.48. The van der Waals surface area contributed by atoms with E-state index in [1.165, 1.54) is 31.4 Å². The standard InChI is InChI=1S/C20H22N2O7S2/c1-29-13-17(21-19(23)15-11-7-8-12-16(15)20(21)24)18(14-9-5-4-6-10-14)22(30(2,25)26)31(3,27)28/h4-12,17-18H,13H2,1-3H3/t17-,18-/m0/s1. The lowest BCUT2D eigenvalue weighted by Gasteiger charge is -2.37. The molecule has 0 fully saturated rings. The summed E-state index contributed by atoms with van der Waals surface area (Å²) in [6.07, 6.45) is 1.52. The van der Waals surface area contributed by atoms with Gasteiger partial charge >= 0.3 is 0 Å². The quantitative estimate of drug-likeness (QED) is 0.538. The Hall–Kier alpha value is -2.60. The van der Waals surface area contributed by atoms with Crippen LogP contribution in [0.5, 0.6) is 0 Å². The zero-order valence-electron chi connectivity index (χ0n) is 17.1. The first-order valence-electron chi connectivity index (χ1n) is 9.19. The van der Waals surface area contributed by atoms with Gasteiger partial charge in [0.2, 0.25) is 20.0 Å². The van der Waals surface area contributed by atoms with Gasteiger partial charge in [0.1, 0.15) is 0 Å². The fourth-order valence-corrected chi connectivity index (χ4v) is 7.10. The van der Waals surface area contributed by atoms with Gasteiger partial charge in [-0.2, -0.15) is 0 Å². The lowest BCUT2D eigenvalue weighted by Crippen LogP contribution is -2.53. The number of carbonyl (C=O) groups excluding carboxylic acids is 2. The van der Waals surface area contributed by atoms with Gasteiger partial charge in [0, 0.05) is 7.11 Å². The number of hydrogen-bond donors (Lipinski definition) is 0. The third-order valence-electron chi connectivity index (χ3n) is 4.88. The Bertz CT molecular complexity index is 1140. The largest absolute Gasteiger partial charge is 0.382 e. The molecule has 11 heteroatoms. The summed E-state index contributed by atoms with van der Waals surface area (Å²) in [5.41, 5.74) is 0.605. The Balaban J connectivity index is 2.25. The first-order valence-corrected chi connectivity index (χ1v) is 12.9. The highest BCUT2D eigenvalue weighted by atomic mass is 32.3. The number of sulfonamides is 2. The molecule has 9 nitrogen and oxygen atoms in total. The van der Waals surface area contributed by atoms with Crippen LogP contribution in [0.1, 0.15) is 32.3 Å². The number of ether oxygens (including phenoxy) is 1. The Labute approximate surface area is 181 Å². The summed E-state index contributed by atoms with van der Waals surface area (Å²) in [5, 5.41) is 0. The molecule has 0 radical (unpaired) electrons. The van der Waals surface area contributed by atoms with E-state index in [0.717, 1.165) is 17.4 Å². The Kier molecular flexibility index (Phi) is 6.33. The zero-order chi connectivity index (χ0) is 23.0. The maximum Gasteiger partial charge on any atom is 0.261 e. The topological polar surface area (TPSA) is 118 Å². The molecule has 0 aromatic heterocycles. The number of rotatable bonds is 8. The van der Waals surface area contributed by atoms with E-state index in [4.69, 9.17) is 4.74 Å². The molecule has 2 amide bonds. The van der Waals surface area contributed by atoms with Crippen LogP contribution in [0.4, 0.5) is 0 Å². The monoisotopic (exact) mass is 466 g/mol. The number of carbonyl (C=O) groups is 2. The van der Waals surface area contributed by atoms with E-state index in [-0.39, 0.29) is 23.3 Å². The van der Waals surface area contributed by atoms with Crippen molar-refractivity contribution >= 4 is 31.9 Å². The second-order valence-corrected chi connectivity index (χ2v) is 11.1. The van der Waals surface area contributed by atoms with Crippen LogP contribution in [0, 0.1) is 0 Å². The Morgan fingerprint density at radius 1 is 0.839 bits per heavy atom. The van der Waals surface area contributed by atoms with Crippen molar-refractivity contribution in [2.75, 3.05) is 26.2 Å². The molecule has 2 atom stereocenters.